The SMILES string of the molecule is CCOC(=O)c1c(N2CCN(c3ccccc3OC)CC2)c2ccccc2n(CC)c1=O. The molecule has 4 rings (SSSR count). The van der Waals surface area contributed by atoms with E-state index in [4.69, 9.17) is 9.47 Å². The highest BCUT2D eigenvalue weighted by atomic mass is 16.5. The van der Waals surface area contributed by atoms with Crippen LogP contribution in [-0.4, -0.2) is 50.4 Å². The number of pyridine rings is 1. The van der Waals surface area contributed by atoms with Gasteiger partial charge in [0.1, 0.15) is 11.3 Å². The van der Waals surface area contributed by atoms with E-state index in [-0.39, 0.29) is 17.7 Å². The fraction of sp³-hybridized carbons (Fsp3) is 0.360. The Morgan fingerprint density at radius 3 is 2.28 bits per heavy atom. The summed E-state index contributed by atoms with van der Waals surface area (Å²) in [6.07, 6.45) is 0. The normalized spacial score (nSPS) is 14.0. The molecule has 0 radical (unpaired) electrons. The van der Waals surface area contributed by atoms with Gasteiger partial charge in [0.05, 0.1) is 30.6 Å². The van der Waals surface area contributed by atoms with E-state index in [9.17, 15) is 9.59 Å². The van der Waals surface area contributed by atoms with Crippen molar-refractivity contribution in [2.75, 3.05) is 49.7 Å². The Kier molecular flexibility index (Phi) is 6.35. The maximum absolute atomic E-state index is 13.4. The summed E-state index contributed by atoms with van der Waals surface area (Å²) in [5.41, 5.74) is 2.38. The molecule has 0 saturated carbocycles. The summed E-state index contributed by atoms with van der Waals surface area (Å²) in [4.78, 5) is 30.7. The Morgan fingerprint density at radius 2 is 1.59 bits per heavy atom. The number of esters is 1. The van der Waals surface area contributed by atoms with E-state index in [1.54, 1.807) is 18.6 Å². The molecule has 2 heterocycles. The molecule has 0 unspecified atom stereocenters. The van der Waals surface area contributed by atoms with Gasteiger partial charge in [-0.3, -0.25) is 4.79 Å². The van der Waals surface area contributed by atoms with E-state index >= 15 is 0 Å². The van der Waals surface area contributed by atoms with Crippen LogP contribution in [0.4, 0.5) is 11.4 Å². The summed E-state index contributed by atoms with van der Waals surface area (Å²) in [5, 5.41) is 0.891. The predicted octanol–water partition coefficient (Wildman–Crippen LogP) is 3.53. The number of ether oxygens (including phenoxy) is 2. The van der Waals surface area contributed by atoms with Gasteiger partial charge in [-0.2, -0.15) is 0 Å². The highest BCUT2D eigenvalue weighted by Gasteiger charge is 2.29. The van der Waals surface area contributed by atoms with Crippen LogP contribution < -0.4 is 20.1 Å². The van der Waals surface area contributed by atoms with Gasteiger partial charge in [-0.15, -0.1) is 0 Å². The number of hydrogen-bond donors (Lipinski definition) is 0. The van der Waals surface area contributed by atoms with Gasteiger partial charge in [0.25, 0.3) is 5.56 Å². The van der Waals surface area contributed by atoms with Crippen molar-refractivity contribution in [3.05, 3.63) is 64.4 Å². The molecule has 1 fully saturated rings. The first-order chi connectivity index (χ1) is 15.6. The third-order valence-corrected chi connectivity index (χ3v) is 5.96. The second-order valence-electron chi connectivity index (χ2n) is 7.66. The van der Waals surface area contributed by atoms with Crippen LogP contribution in [0.5, 0.6) is 5.75 Å². The molecular formula is C25H29N3O4. The molecule has 1 aliphatic rings. The van der Waals surface area contributed by atoms with Gasteiger partial charge in [-0.1, -0.05) is 30.3 Å². The predicted molar refractivity (Wildman–Crippen MR) is 127 cm³/mol. The minimum absolute atomic E-state index is 0.123. The molecule has 7 nitrogen and oxygen atoms in total. The number of aromatic nitrogens is 1. The lowest BCUT2D eigenvalue weighted by Crippen LogP contribution is -2.48. The minimum atomic E-state index is -0.562. The summed E-state index contributed by atoms with van der Waals surface area (Å²) < 4.78 is 12.5. The zero-order chi connectivity index (χ0) is 22.7. The van der Waals surface area contributed by atoms with Crippen LogP contribution in [0.25, 0.3) is 10.9 Å². The Bertz CT molecular complexity index is 1180. The number of methoxy groups -OCH3 is 1. The van der Waals surface area contributed by atoms with E-state index in [0.717, 1.165) is 35.4 Å². The van der Waals surface area contributed by atoms with Gasteiger partial charge >= 0.3 is 5.97 Å². The first-order valence-electron chi connectivity index (χ1n) is 11.1. The first-order valence-corrected chi connectivity index (χ1v) is 11.1. The molecule has 1 saturated heterocycles. The number of carbonyl (C=O) groups excluding carboxylic acids is 1. The lowest BCUT2D eigenvalue weighted by atomic mass is 10.1. The number of benzene rings is 2. The summed E-state index contributed by atoms with van der Waals surface area (Å²) in [5.74, 6) is 0.275. The van der Waals surface area contributed by atoms with Crippen molar-refractivity contribution in [3.63, 3.8) is 0 Å². The van der Waals surface area contributed by atoms with Crippen molar-refractivity contribution < 1.29 is 14.3 Å². The molecule has 168 valence electrons. The quantitative estimate of drug-likeness (QED) is 0.552. The Labute approximate surface area is 187 Å². The smallest absolute Gasteiger partial charge is 0.345 e. The summed E-state index contributed by atoms with van der Waals surface area (Å²) in [6.45, 7) is 7.19. The number of aryl methyl sites for hydroxylation is 1. The number of nitrogens with zero attached hydrogens (tertiary/aromatic N) is 3. The highest BCUT2D eigenvalue weighted by molar-refractivity contribution is 6.05. The largest absolute Gasteiger partial charge is 0.495 e. The van der Waals surface area contributed by atoms with Crippen molar-refractivity contribution in [2.24, 2.45) is 0 Å². The van der Waals surface area contributed by atoms with Crippen LogP contribution >= 0.6 is 0 Å². The molecule has 1 aliphatic heterocycles. The lowest BCUT2D eigenvalue weighted by molar-refractivity contribution is 0.0524. The molecule has 0 N–H and O–H groups in total. The number of rotatable bonds is 6. The van der Waals surface area contributed by atoms with Crippen molar-refractivity contribution in [3.8, 4) is 5.75 Å². The van der Waals surface area contributed by atoms with E-state index in [1.807, 2.05) is 49.4 Å². The van der Waals surface area contributed by atoms with Crippen molar-refractivity contribution in [1.29, 1.82) is 0 Å². The average molecular weight is 436 g/mol. The molecular weight excluding hydrogens is 406 g/mol. The van der Waals surface area contributed by atoms with Crippen LogP contribution in [0.2, 0.25) is 0 Å². The van der Waals surface area contributed by atoms with Gasteiger partial charge in [0, 0.05) is 38.1 Å². The second-order valence-corrected chi connectivity index (χ2v) is 7.66. The number of fused-ring (bicyclic) bond motifs is 1. The van der Waals surface area contributed by atoms with Gasteiger partial charge in [0.2, 0.25) is 0 Å². The monoisotopic (exact) mass is 435 g/mol. The van der Waals surface area contributed by atoms with Gasteiger partial charge in [-0.05, 0) is 32.0 Å². The summed E-state index contributed by atoms with van der Waals surface area (Å²) in [7, 11) is 1.68. The number of anilines is 2. The molecule has 3 aromatic rings. The Morgan fingerprint density at radius 1 is 0.938 bits per heavy atom. The fourth-order valence-electron chi connectivity index (χ4n) is 4.48. The van der Waals surface area contributed by atoms with Crippen molar-refractivity contribution in [2.45, 2.75) is 20.4 Å². The van der Waals surface area contributed by atoms with Gasteiger partial charge in [-0.25, -0.2) is 4.79 Å². The average Bonchev–Trinajstić information content (AvgIpc) is 2.83. The molecule has 1 aromatic heterocycles. The molecule has 0 aliphatic carbocycles. The van der Waals surface area contributed by atoms with Crippen LogP contribution in [0.1, 0.15) is 24.2 Å². The molecule has 2 aromatic carbocycles. The topological polar surface area (TPSA) is 64.0 Å². The molecule has 32 heavy (non-hydrogen) atoms. The maximum atomic E-state index is 13.4. The standard InChI is InChI=1S/C25H29N3O4/c1-4-28-19-11-7-6-10-18(19)23(22(24(28)29)25(30)32-5-2)27-16-14-26(15-17-27)20-12-8-9-13-21(20)31-3/h6-13H,4-5,14-17H2,1-3H3. The van der Waals surface area contributed by atoms with E-state index < -0.39 is 5.97 Å². The summed E-state index contributed by atoms with van der Waals surface area (Å²) >= 11 is 0. The highest BCUT2D eigenvalue weighted by Crippen LogP contribution is 2.33. The van der Waals surface area contributed by atoms with Crippen LogP contribution in [0, 0.1) is 0 Å². The van der Waals surface area contributed by atoms with E-state index in [1.165, 1.54) is 0 Å². The first kappa shape index (κ1) is 21.7. The second kappa shape index (κ2) is 9.34. The Balaban J connectivity index is 1.77. The van der Waals surface area contributed by atoms with Crippen molar-refractivity contribution >= 4 is 28.2 Å². The minimum Gasteiger partial charge on any atom is -0.495 e. The molecule has 0 atom stereocenters. The zero-order valence-electron chi connectivity index (χ0n) is 18.8. The number of hydrogen-bond acceptors (Lipinski definition) is 6. The third-order valence-electron chi connectivity index (χ3n) is 5.96. The van der Waals surface area contributed by atoms with Crippen molar-refractivity contribution in [1.82, 2.24) is 4.57 Å². The molecule has 0 bridgehead atoms. The number of carbonyl (C=O) groups is 1. The van der Waals surface area contributed by atoms with Crippen LogP contribution in [0.15, 0.2) is 53.3 Å². The Hall–Kier alpha value is -3.48. The molecule has 7 heteroatoms. The molecule has 0 spiro atoms. The number of piperazine rings is 1. The number of para-hydroxylation sites is 3. The van der Waals surface area contributed by atoms with Gasteiger partial charge < -0.3 is 23.8 Å². The third kappa shape index (κ3) is 3.79. The maximum Gasteiger partial charge on any atom is 0.345 e. The summed E-state index contributed by atoms with van der Waals surface area (Å²) in [6, 6.07) is 15.7. The van der Waals surface area contributed by atoms with Gasteiger partial charge in [0.15, 0.2) is 0 Å². The zero-order valence-corrected chi connectivity index (χ0v) is 18.8. The van der Waals surface area contributed by atoms with E-state index in [2.05, 4.69) is 15.9 Å². The molecule has 0 amide bonds. The van der Waals surface area contributed by atoms with Crippen LogP contribution in [0.3, 0.4) is 0 Å². The fourth-order valence-corrected chi connectivity index (χ4v) is 4.48. The lowest BCUT2D eigenvalue weighted by Gasteiger charge is -2.38. The van der Waals surface area contributed by atoms with Crippen LogP contribution in [-0.2, 0) is 11.3 Å². The van der Waals surface area contributed by atoms with E-state index in [0.29, 0.717) is 25.3 Å².